The molecule has 2 heterocycles. The zero-order chi connectivity index (χ0) is 21.2. The molecule has 0 aliphatic carbocycles. The average Bonchev–Trinajstić information content (AvgIpc) is 3.22. The largest absolute Gasteiger partial charge is 0.439 e. The van der Waals surface area contributed by atoms with Gasteiger partial charge in [-0.15, -0.1) is 10.2 Å². The van der Waals surface area contributed by atoms with Crippen molar-refractivity contribution in [2.45, 2.75) is 13.3 Å². The highest BCUT2D eigenvalue weighted by Gasteiger charge is 2.11. The summed E-state index contributed by atoms with van der Waals surface area (Å²) in [6.45, 7) is 0.208. The van der Waals surface area contributed by atoms with Crippen molar-refractivity contribution in [3.63, 3.8) is 0 Å². The fraction of sp³-hybridized carbons (Fsp3) is 0.0909. The number of aromatic nitrogens is 6. The molecule has 152 valence electrons. The number of benzene rings is 3. The molecule has 3 aromatic carbocycles. The Morgan fingerprint density at radius 3 is 2.32 bits per heavy atom. The number of carbonyl (C=O) groups is 1. The lowest BCUT2D eigenvalue weighted by atomic mass is 10.1. The summed E-state index contributed by atoms with van der Waals surface area (Å²) in [5.41, 5.74) is 3.22. The third-order valence-electron chi connectivity index (χ3n) is 4.89. The Balaban J connectivity index is 1.27. The Bertz CT molecular complexity index is 1460. The molecule has 9 heteroatoms. The molecule has 9 nitrogen and oxygen atoms in total. The van der Waals surface area contributed by atoms with E-state index >= 15 is 0 Å². The van der Waals surface area contributed by atoms with E-state index in [0.29, 0.717) is 23.0 Å². The van der Waals surface area contributed by atoms with Crippen LogP contribution in [0.25, 0.3) is 21.9 Å². The van der Waals surface area contributed by atoms with Gasteiger partial charge in [-0.2, -0.15) is 4.68 Å². The average molecular weight is 412 g/mol. The second-order valence-electron chi connectivity index (χ2n) is 6.90. The van der Waals surface area contributed by atoms with Gasteiger partial charge in [0.25, 0.3) is 5.56 Å². The molecular formula is C22H16N6O3. The summed E-state index contributed by atoms with van der Waals surface area (Å²) in [5, 5.41) is 16.5. The Morgan fingerprint density at radius 2 is 1.48 bits per heavy atom. The topological polar surface area (TPSA) is 105 Å². The van der Waals surface area contributed by atoms with Crippen LogP contribution in [0.15, 0.2) is 77.6 Å². The maximum atomic E-state index is 12.4. The van der Waals surface area contributed by atoms with Crippen molar-refractivity contribution < 1.29 is 9.53 Å². The van der Waals surface area contributed by atoms with Crippen molar-refractivity contribution in [3.05, 3.63) is 94.3 Å². The van der Waals surface area contributed by atoms with Crippen LogP contribution in [-0.4, -0.2) is 36.0 Å². The molecule has 0 radical (unpaired) electrons. The van der Waals surface area contributed by atoms with Gasteiger partial charge >= 0.3 is 5.97 Å². The summed E-state index contributed by atoms with van der Waals surface area (Å²) in [6, 6.07) is 21.6. The van der Waals surface area contributed by atoms with Crippen LogP contribution in [0.4, 0.5) is 0 Å². The number of ether oxygens (including phenoxy) is 1. The molecule has 5 rings (SSSR count). The van der Waals surface area contributed by atoms with Gasteiger partial charge < -0.3 is 4.74 Å². The van der Waals surface area contributed by atoms with Gasteiger partial charge in [-0.25, -0.2) is 9.48 Å². The molecule has 0 fully saturated rings. The van der Waals surface area contributed by atoms with Crippen LogP contribution in [0.3, 0.4) is 0 Å². The van der Waals surface area contributed by atoms with Crippen molar-refractivity contribution in [3.8, 4) is 0 Å². The van der Waals surface area contributed by atoms with Gasteiger partial charge in [0.05, 0.1) is 23.0 Å². The van der Waals surface area contributed by atoms with Gasteiger partial charge in [-0.05, 0) is 42.0 Å². The van der Waals surface area contributed by atoms with Gasteiger partial charge in [0.1, 0.15) is 11.0 Å². The highest BCUT2D eigenvalue weighted by Crippen LogP contribution is 2.13. The number of esters is 1. The summed E-state index contributed by atoms with van der Waals surface area (Å²) in [4.78, 5) is 24.8. The van der Waals surface area contributed by atoms with Crippen LogP contribution >= 0.6 is 0 Å². The number of carbonyl (C=O) groups excluding carboxylic acids is 1. The fourth-order valence-corrected chi connectivity index (χ4v) is 3.26. The monoisotopic (exact) mass is 412 g/mol. The van der Waals surface area contributed by atoms with Crippen LogP contribution in [0.1, 0.15) is 15.9 Å². The summed E-state index contributed by atoms with van der Waals surface area (Å²) in [5.74, 6) is -0.556. The molecule has 0 amide bonds. The molecule has 0 saturated heterocycles. The van der Waals surface area contributed by atoms with Gasteiger partial charge in [-0.1, -0.05) is 46.8 Å². The van der Waals surface area contributed by atoms with Crippen molar-refractivity contribution >= 4 is 27.9 Å². The first-order valence-corrected chi connectivity index (χ1v) is 9.56. The van der Waals surface area contributed by atoms with Gasteiger partial charge in [0.15, 0.2) is 6.73 Å². The molecule has 0 aliphatic heterocycles. The van der Waals surface area contributed by atoms with Crippen LogP contribution in [0, 0.1) is 0 Å². The Labute approximate surface area is 175 Å². The minimum atomic E-state index is -0.556. The second-order valence-corrected chi connectivity index (χ2v) is 6.90. The van der Waals surface area contributed by atoms with E-state index in [1.807, 2.05) is 36.4 Å². The molecule has 0 unspecified atom stereocenters. The van der Waals surface area contributed by atoms with Crippen molar-refractivity contribution in [2.75, 3.05) is 0 Å². The molecular weight excluding hydrogens is 396 g/mol. The van der Waals surface area contributed by atoms with E-state index in [9.17, 15) is 9.59 Å². The van der Waals surface area contributed by atoms with E-state index in [1.165, 1.54) is 0 Å². The van der Waals surface area contributed by atoms with Gasteiger partial charge in [0, 0.05) is 0 Å². The summed E-state index contributed by atoms with van der Waals surface area (Å²) in [7, 11) is 0. The highest BCUT2D eigenvalue weighted by atomic mass is 16.5. The van der Waals surface area contributed by atoms with Crippen LogP contribution in [0.5, 0.6) is 0 Å². The zero-order valence-corrected chi connectivity index (χ0v) is 16.3. The Kier molecular flexibility index (Phi) is 4.68. The Morgan fingerprint density at radius 1 is 0.806 bits per heavy atom. The lowest BCUT2D eigenvalue weighted by Crippen LogP contribution is -2.26. The number of fused-ring (bicyclic) bond motifs is 2. The SMILES string of the molecule is O=C(OCn1nnc2ccccc2c1=O)c1ccc(Cn2nnc3ccccc32)cc1. The minimum absolute atomic E-state index is 0.317. The van der Waals surface area contributed by atoms with E-state index in [4.69, 9.17) is 4.74 Å². The maximum absolute atomic E-state index is 12.4. The lowest BCUT2D eigenvalue weighted by molar-refractivity contribution is 0.0336. The number of rotatable bonds is 5. The quantitative estimate of drug-likeness (QED) is 0.408. The molecule has 0 atom stereocenters. The molecule has 0 saturated carbocycles. The van der Waals surface area contributed by atoms with E-state index in [1.54, 1.807) is 41.1 Å². The van der Waals surface area contributed by atoms with Gasteiger partial charge in [-0.3, -0.25) is 4.79 Å². The third-order valence-corrected chi connectivity index (χ3v) is 4.89. The normalized spacial score (nSPS) is 11.1. The number of para-hydroxylation sites is 1. The summed E-state index contributed by atoms with van der Waals surface area (Å²) >= 11 is 0. The standard InChI is InChI=1S/C22H16N6O3/c29-21-17-5-1-2-6-18(17)23-26-28(21)14-31-22(30)16-11-9-15(10-12-16)13-27-20-8-4-3-7-19(20)24-25-27/h1-12H,13-14H2. The van der Waals surface area contributed by atoms with E-state index < -0.39 is 5.97 Å². The fourth-order valence-electron chi connectivity index (χ4n) is 3.26. The van der Waals surface area contributed by atoms with Crippen LogP contribution in [0.2, 0.25) is 0 Å². The lowest BCUT2D eigenvalue weighted by Gasteiger charge is -2.07. The second kappa shape index (κ2) is 7.79. The number of hydrogen-bond acceptors (Lipinski definition) is 7. The zero-order valence-electron chi connectivity index (χ0n) is 16.3. The highest BCUT2D eigenvalue weighted by molar-refractivity contribution is 5.89. The molecule has 0 aliphatic rings. The van der Waals surface area contributed by atoms with E-state index in [0.717, 1.165) is 21.3 Å². The summed E-state index contributed by atoms with van der Waals surface area (Å²) in [6.07, 6.45) is 0. The number of nitrogens with zero attached hydrogens (tertiary/aromatic N) is 6. The molecule has 2 aromatic heterocycles. The van der Waals surface area contributed by atoms with E-state index in [-0.39, 0.29) is 12.3 Å². The van der Waals surface area contributed by atoms with Gasteiger partial charge in [0.2, 0.25) is 0 Å². The first-order valence-electron chi connectivity index (χ1n) is 9.56. The minimum Gasteiger partial charge on any atom is -0.439 e. The number of hydrogen-bond donors (Lipinski definition) is 0. The molecule has 0 bridgehead atoms. The Hall–Kier alpha value is -4.40. The molecule has 0 spiro atoms. The molecule has 5 aromatic rings. The maximum Gasteiger partial charge on any atom is 0.339 e. The third kappa shape index (κ3) is 3.64. The first-order chi connectivity index (χ1) is 15.2. The van der Waals surface area contributed by atoms with Crippen molar-refractivity contribution in [1.82, 2.24) is 30.0 Å². The molecule has 31 heavy (non-hydrogen) atoms. The molecule has 0 N–H and O–H groups in total. The van der Waals surface area contributed by atoms with Crippen molar-refractivity contribution in [2.24, 2.45) is 0 Å². The predicted molar refractivity (Wildman–Crippen MR) is 112 cm³/mol. The first kappa shape index (κ1) is 18.6. The summed E-state index contributed by atoms with van der Waals surface area (Å²) < 4.78 is 8.06. The van der Waals surface area contributed by atoms with Crippen LogP contribution in [-0.2, 0) is 18.0 Å². The van der Waals surface area contributed by atoms with Crippen LogP contribution < -0.4 is 5.56 Å². The van der Waals surface area contributed by atoms with E-state index in [2.05, 4.69) is 20.6 Å². The predicted octanol–water partition coefficient (Wildman–Crippen LogP) is 2.40. The smallest absolute Gasteiger partial charge is 0.339 e. The van der Waals surface area contributed by atoms with Crippen molar-refractivity contribution in [1.29, 1.82) is 0 Å².